The van der Waals surface area contributed by atoms with E-state index in [0.717, 1.165) is 24.5 Å². The summed E-state index contributed by atoms with van der Waals surface area (Å²) in [5, 5.41) is 4.26. The topological polar surface area (TPSA) is 38.9 Å². The lowest BCUT2D eigenvalue weighted by atomic mass is 10.1. The molecule has 0 saturated carbocycles. The van der Waals surface area contributed by atoms with Gasteiger partial charge in [-0.05, 0) is 48.5 Å². The van der Waals surface area contributed by atoms with Crippen LogP contribution in [0.4, 0.5) is 0 Å². The molecule has 0 saturated heterocycles. The van der Waals surface area contributed by atoms with Gasteiger partial charge in [0.1, 0.15) is 0 Å². The van der Waals surface area contributed by atoms with Gasteiger partial charge >= 0.3 is 0 Å². The maximum atomic E-state index is 4.26. The summed E-state index contributed by atoms with van der Waals surface area (Å²) in [5.41, 5.74) is 4.79. The van der Waals surface area contributed by atoms with Gasteiger partial charge in [0.15, 0.2) is 0 Å². The summed E-state index contributed by atoms with van der Waals surface area (Å²) in [4.78, 5) is 6.40. The summed E-state index contributed by atoms with van der Waals surface area (Å²) < 4.78 is 3.88. The molecule has 4 aromatic rings. The lowest BCUT2D eigenvalue weighted by Gasteiger charge is -2.17. The summed E-state index contributed by atoms with van der Waals surface area (Å²) in [6, 6.07) is 19.1. The first-order valence-electron chi connectivity index (χ1n) is 8.63. The average molecular weight is 343 g/mol. The highest BCUT2D eigenvalue weighted by atomic mass is 15.3. The molecule has 5 heteroatoms. The van der Waals surface area contributed by atoms with Crippen LogP contribution in [0.2, 0.25) is 0 Å². The minimum Gasteiger partial charge on any atom is -0.306 e. The molecule has 0 radical (unpaired) electrons. The molecule has 0 aliphatic heterocycles. The first-order valence-corrected chi connectivity index (χ1v) is 8.63. The minimum absolute atomic E-state index is 0.905. The molecule has 130 valence electrons. The van der Waals surface area contributed by atoms with Crippen LogP contribution in [0.25, 0.3) is 11.4 Å². The van der Waals surface area contributed by atoms with E-state index in [1.807, 2.05) is 34.0 Å². The second-order valence-electron chi connectivity index (χ2n) is 6.43. The second kappa shape index (κ2) is 7.37. The Balaban J connectivity index is 1.37. The smallest absolute Gasteiger partial charge is 0.0991 e. The van der Waals surface area contributed by atoms with E-state index in [1.165, 1.54) is 11.1 Å². The molecule has 0 aliphatic carbocycles. The van der Waals surface area contributed by atoms with Crippen LogP contribution in [0.5, 0.6) is 0 Å². The quantitative estimate of drug-likeness (QED) is 0.536. The van der Waals surface area contributed by atoms with E-state index in [4.69, 9.17) is 0 Å². The maximum absolute atomic E-state index is 4.26. The Hall–Kier alpha value is -3.18. The Morgan fingerprint density at radius 3 is 2.00 bits per heavy atom. The molecular weight excluding hydrogens is 322 g/mol. The van der Waals surface area contributed by atoms with Crippen molar-refractivity contribution in [2.75, 3.05) is 7.05 Å². The van der Waals surface area contributed by atoms with Crippen molar-refractivity contribution in [2.45, 2.75) is 13.1 Å². The van der Waals surface area contributed by atoms with E-state index in [9.17, 15) is 0 Å². The van der Waals surface area contributed by atoms with Crippen molar-refractivity contribution in [3.8, 4) is 11.4 Å². The van der Waals surface area contributed by atoms with E-state index >= 15 is 0 Å². The lowest BCUT2D eigenvalue weighted by molar-refractivity contribution is 0.319. The Labute approximate surface area is 153 Å². The fourth-order valence-electron chi connectivity index (χ4n) is 3.04. The number of hydrogen-bond acceptors (Lipinski definition) is 3. The van der Waals surface area contributed by atoms with Crippen LogP contribution >= 0.6 is 0 Å². The third-order valence-electron chi connectivity index (χ3n) is 4.35. The second-order valence-corrected chi connectivity index (χ2v) is 6.43. The molecule has 0 unspecified atom stereocenters. The summed E-state index contributed by atoms with van der Waals surface area (Å²) in [7, 11) is 2.14. The van der Waals surface area contributed by atoms with Gasteiger partial charge in [0.25, 0.3) is 0 Å². The van der Waals surface area contributed by atoms with Crippen molar-refractivity contribution in [1.29, 1.82) is 0 Å². The molecule has 0 aliphatic rings. The van der Waals surface area contributed by atoms with E-state index in [2.05, 4.69) is 70.6 Å². The zero-order chi connectivity index (χ0) is 17.8. The Kier molecular flexibility index (Phi) is 4.62. The number of imidazole rings is 1. The van der Waals surface area contributed by atoms with E-state index in [-0.39, 0.29) is 0 Å². The summed E-state index contributed by atoms with van der Waals surface area (Å²) >= 11 is 0. The summed E-state index contributed by atoms with van der Waals surface area (Å²) in [6.45, 7) is 1.81. The van der Waals surface area contributed by atoms with Gasteiger partial charge in [0, 0.05) is 43.6 Å². The highest BCUT2D eigenvalue weighted by Gasteiger charge is 2.04. The lowest BCUT2D eigenvalue weighted by Crippen LogP contribution is -2.17. The molecule has 0 bridgehead atoms. The van der Waals surface area contributed by atoms with Crippen molar-refractivity contribution in [1.82, 2.24) is 24.2 Å². The van der Waals surface area contributed by atoms with Crippen molar-refractivity contribution in [3.05, 3.63) is 96.8 Å². The average Bonchev–Trinajstić information content (AvgIpc) is 3.37. The molecule has 2 heterocycles. The molecule has 2 aromatic heterocycles. The van der Waals surface area contributed by atoms with E-state index in [1.54, 1.807) is 12.4 Å². The molecule has 4 rings (SSSR count). The highest BCUT2D eigenvalue weighted by molar-refractivity contribution is 5.35. The number of nitrogens with zero attached hydrogens (tertiary/aromatic N) is 5. The van der Waals surface area contributed by atoms with Gasteiger partial charge in [-0.2, -0.15) is 5.10 Å². The van der Waals surface area contributed by atoms with Crippen LogP contribution in [0.3, 0.4) is 0 Å². The van der Waals surface area contributed by atoms with Gasteiger partial charge < -0.3 is 4.57 Å². The van der Waals surface area contributed by atoms with Gasteiger partial charge in [-0.15, -0.1) is 0 Å². The van der Waals surface area contributed by atoms with Crippen LogP contribution < -0.4 is 0 Å². The standard InChI is InChI=1S/C21H21N5/c1-24(15-18-3-7-20(8-4-18)25-14-12-22-17-25)16-19-5-9-21(10-6-19)26-13-2-11-23-26/h2-14,17H,15-16H2,1H3. The molecule has 2 aromatic carbocycles. The number of benzene rings is 2. The molecule has 0 spiro atoms. The van der Waals surface area contributed by atoms with Crippen LogP contribution in [0.1, 0.15) is 11.1 Å². The van der Waals surface area contributed by atoms with Crippen molar-refractivity contribution >= 4 is 0 Å². The molecule has 26 heavy (non-hydrogen) atoms. The number of aromatic nitrogens is 4. The minimum atomic E-state index is 0.905. The highest BCUT2D eigenvalue weighted by Crippen LogP contribution is 2.14. The zero-order valence-electron chi connectivity index (χ0n) is 14.7. The van der Waals surface area contributed by atoms with Crippen LogP contribution in [-0.4, -0.2) is 31.3 Å². The third-order valence-corrected chi connectivity index (χ3v) is 4.35. The monoisotopic (exact) mass is 343 g/mol. The molecule has 0 amide bonds. The molecule has 0 N–H and O–H groups in total. The molecule has 5 nitrogen and oxygen atoms in total. The zero-order valence-corrected chi connectivity index (χ0v) is 14.7. The summed E-state index contributed by atoms with van der Waals surface area (Å²) in [6.07, 6.45) is 9.30. The van der Waals surface area contributed by atoms with Crippen molar-refractivity contribution in [2.24, 2.45) is 0 Å². The first-order chi connectivity index (χ1) is 12.8. The molecular formula is C21H21N5. The Morgan fingerprint density at radius 2 is 1.46 bits per heavy atom. The number of hydrogen-bond donors (Lipinski definition) is 0. The van der Waals surface area contributed by atoms with Crippen LogP contribution in [0, 0.1) is 0 Å². The Morgan fingerprint density at radius 1 is 0.808 bits per heavy atom. The first kappa shape index (κ1) is 16.3. The fourth-order valence-corrected chi connectivity index (χ4v) is 3.04. The van der Waals surface area contributed by atoms with Crippen molar-refractivity contribution < 1.29 is 0 Å². The largest absolute Gasteiger partial charge is 0.306 e. The van der Waals surface area contributed by atoms with Crippen LogP contribution in [-0.2, 0) is 13.1 Å². The predicted molar refractivity (Wildman–Crippen MR) is 102 cm³/mol. The molecule has 0 atom stereocenters. The Bertz CT molecular complexity index is 844. The SMILES string of the molecule is CN(Cc1ccc(-n2ccnc2)cc1)Cc1ccc(-n2cccn2)cc1. The van der Waals surface area contributed by atoms with Crippen LogP contribution in [0.15, 0.2) is 85.7 Å². The maximum Gasteiger partial charge on any atom is 0.0991 e. The van der Waals surface area contributed by atoms with Gasteiger partial charge in [0.05, 0.1) is 12.0 Å². The van der Waals surface area contributed by atoms with E-state index < -0.39 is 0 Å². The van der Waals surface area contributed by atoms with Gasteiger partial charge in [-0.3, -0.25) is 4.90 Å². The van der Waals surface area contributed by atoms with Gasteiger partial charge in [0.2, 0.25) is 0 Å². The fraction of sp³-hybridized carbons (Fsp3) is 0.143. The predicted octanol–water partition coefficient (Wildman–Crippen LogP) is 3.69. The van der Waals surface area contributed by atoms with E-state index in [0.29, 0.717) is 0 Å². The number of rotatable bonds is 6. The molecule has 0 fully saturated rings. The third kappa shape index (κ3) is 3.73. The normalized spacial score (nSPS) is 11.2. The van der Waals surface area contributed by atoms with Gasteiger partial charge in [-0.25, -0.2) is 9.67 Å². The van der Waals surface area contributed by atoms with Crippen molar-refractivity contribution in [3.63, 3.8) is 0 Å². The summed E-state index contributed by atoms with van der Waals surface area (Å²) in [5.74, 6) is 0. The van der Waals surface area contributed by atoms with Gasteiger partial charge in [-0.1, -0.05) is 24.3 Å².